The van der Waals surface area contributed by atoms with Gasteiger partial charge in [-0.05, 0) is 60.3 Å². The van der Waals surface area contributed by atoms with E-state index in [1.807, 2.05) is 59.3 Å². The first-order valence-corrected chi connectivity index (χ1v) is 11.6. The third-order valence-electron chi connectivity index (χ3n) is 4.51. The Bertz CT molecular complexity index is 1190. The molecular weight excluding hydrogens is 452 g/mol. The van der Waals surface area contributed by atoms with Crippen LogP contribution in [0.4, 0.5) is 5.69 Å². The molecule has 4 aromatic rings. The Morgan fingerprint density at radius 2 is 2.00 bits per heavy atom. The fourth-order valence-corrected chi connectivity index (χ4v) is 4.56. The first kappa shape index (κ1) is 21.4. The van der Waals surface area contributed by atoms with E-state index in [0.29, 0.717) is 15.9 Å². The van der Waals surface area contributed by atoms with Gasteiger partial charge in [0.2, 0.25) is 5.91 Å². The number of aryl methyl sites for hydroxylation is 1. The summed E-state index contributed by atoms with van der Waals surface area (Å²) < 4.78 is 7.22. The van der Waals surface area contributed by atoms with E-state index in [-0.39, 0.29) is 11.7 Å². The summed E-state index contributed by atoms with van der Waals surface area (Å²) in [5.41, 5.74) is 2.54. The highest BCUT2D eigenvalue weighted by Gasteiger charge is 2.18. The number of halogens is 1. The first-order valence-electron chi connectivity index (χ1n) is 9.37. The van der Waals surface area contributed by atoms with Gasteiger partial charge in [0.1, 0.15) is 5.75 Å². The summed E-state index contributed by atoms with van der Waals surface area (Å²) in [6, 6.07) is 17.0. The van der Waals surface area contributed by atoms with Gasteiger partial charge in [0.25, 0.3) is 0 Å². The number of aromatic nitrogens is 3. The Morgan fingerprint density at radius 1 is 1.19 bits per heavy atom. The van der Waals surface area contributed by atoms with Crippen LogP contribution in [-0.4, -0.2) is 33.5 Å². The number of rotatable bonds is 7. The highest BCUT2D eigenvalue weighted by Crippen LogP contribution is 2.31. The summed E-state index contributed by atoms with van der Waals surface area (Å²) >= 11 is 8.96. The summed E-state index contributed by atoms with van der Waals surface area (Å²) in [6.07, 6.45) is 0. The highest BCUT2D eigenvalue weighted by atomic mass is 35.5. The molecule has 0 fully saturated rings. The van der Waals surface area contributed by atoms with Gasteiger partial charge in [-0.25, -0.2) is 0 Å². The highest BCUT2D eigenvalue weighted by molar-refractivity contribution is 7.99. The number of benzene rings is 2. The maximum Gasteiger partial charge on any atom is 0.234 e. The Kier molecular flexibility index (Phi) is 6.60. The quantitative estimate of drug-likeness (QED) is 0.351. The van der Waals surface area contributed by atoms with E-state index < -0.39 is 0 Å². The molecule has 0 atom stereocenters. The fourth-order valence-electron chi connectivity index (χ4n) is 2.94. The molecule has 0 saturated heterocycles. The molecule has 31 heavy (non-hydrogen) atoms. The van der Waals surface area contributed by atoms with Crippen molar-refractivity contribution in [2.75, 3.05) is 18.2 Å². The maximum absolute atomic E-state index is 12.6. The molecule has 4 rings (SSSR count). The van der Waals surface area contributed by atoms with E-state index in [1.54, 1.807) is 30.6 Å². The average Bonchev–Trinajstić information content (AvgIpc) is 3.44. The monoisotopic (exact) mass is 470 g/mol. The third-order valence-corrected chi connectivity index (χ3v) is 6.54. The summed E-state index contributed by atoms with van der Waals surface area (Å²) in [5, 5.41) is 14.9. The fraction of sp³-hybridized carbons (Fsp3) is 0.136. The van der Waals surface area contributed by atoms with Gasteiger partial charge >= 0.3 is 0 Å². The van der Waals surface area contributed by atoms with Gasteiger partial charge < -0.3 is 10.1 Å². The second kappa shape index (κ2) is 9.55. The largest absolute Gasteiger partial charge is 0.497 e. The molecule has 0 unspecified atom stereocenters. The number of hydrogen-bond donors (Lipinski definition) is 1. The lowest BCUT2D eigenvalue weighted by Crippen LogP contribution is -2.15. The van der Waals surface area contributed by atoms with Crippen LogP contribution in [0.3, 0.4) is 0 Å². The molecule has 0 spiro atoms. The Morgan fingerprint density at radius 3 is 2.71 bits per heavy atom. The molecule has 0 aliphatic rings. The van der Waals surface area contributed by atoms with Gasteiger partial charge in [-0.2, -0.15) is 0 Å². The molecular formula is C22H19ClN4O2S2. The molecule has 1 amide bonds. The predicted octanol–water partition coefficient (Wildman–Crippen LogP) is 5.70. The molecule has 0 aliphatic heterocycles. The zero-order valence-corrected chi connectivity index (χ0v) is 19.2. The number of nitrogens with one attached hydrogen (secondary N) is 1. The number of anilines is 1. The van der Waals surface area contributed by atoms with Crippen molar-refractivity contribution in [1.82, 2.24) is 14.8 Å². The predicted molar refractivity (Wildman–Crippen MR) is 127 cm³/mol. The van der Waals surface area contributed by atoms with Crippen molar-refractivity contribution in [3.8, 4) is 22.1 Å². The summed E-state index contributed by atoms with van der Waals surface area (Å²) in [6.45, 7) is 1.92. The minimum absolute atomic E-state index is 0.141. The Balaban J connectivity index is 1.58. The van der Waals surface area contributed by atoms with Crippen molar-refractivity contribution in [2.45, 2.75) is 12.1 Å². The van der Waals surface area contributed by atoms with Crippen LogP contribution in [-0.2, 0) is 4.79 Å². The van der Waals surface area contributed by atoms with Crippen molar-refractivity contribution in [2.24, 2.45) is 0 Å². The summed E-state index contributed by atoms with van der Waals surface area (Å²) in [7, 11) is 1.63. The number of hydrogen-bond acceptors (Lipinski definition) is 6. The number of amides is 1. The molecule has 158 valence electrons. The number of carbonyl (C=O) groups excluding carboxylic acids is 1. The lowest BCUT2D eigenvalue weighted by molar-refractivity contribution is -0.113. The van der Waals surface area contributed by atoms with Crippen molar-refractivity contribution in [1.29, 1.82) is 0 Å². The molecule has 0 aliphatic carbocycles. The SMILES string of the molecule is COc1ccc(-n2c(SCC(=O)Nc3cc(Cl)ccc3C)nnc2-c2cccs2)cc1. The third kappa shape index (κ3) is 4.92. The van der Waals surface area contributed by atoms with E-state index in [9.17, 15) is 4.79 Å². The van der Waals surface area contributed by atoms with Crippen LogP contribution in [0.2, 0.25) is 5.02 Å². The van der Waals surface area contributed by atoms with Crippen LogP contribution < -0.4 is 10.1 Å². The first-order chi connectivity index (χ1) is 15.0. The molecule has 2 aromatic heterocycles. The van der Waals surface area contributed by atoms with E-state index in [1.165, 1.54) is 11.8 Å². The van der Waals surface area contributed by atoms with Crippen molar-refractivity contribution in [3.63, 3.8) is 0 Å². The van der Waals surface area contributed by atoms with Crippen LogP contribution >= 0.6 is 34.7 Å². The van der Waals surface area contributed by atoms with Gasteiger partial charge in [-0.15, -0.1) is 21.5 Å². The lowest BCUT2D eigenvalue weighted by atomic mass is 10.2. The molecule has 0 saturated carbocycles. The molecule has 0 bridgehead atoms. The maximum atomic E-state index is 12.6. The number of methoxy groups -OCH3 is 1. The van der Waals surface area contributed by atoms with Crippen molar-refractivity contribution >= 4 is 46.3 Å². The summed E-state index contributed by atoms with van der Waals surface area (Å²) in [4.78, 5) is 13.6. The van der Waals surface area contributed by atoms with Crippen LogP contribution in [0.25, 0.3) is 16.4 Å². The van der Waals surface area contributed by atoms with Crippen molar-refractivity contribution < 1.29 is 9.53 Å². The zero-order valence-electron chi connectivity index (χ0n) is 16.8. The van der Waals surface area contributed by atoms with E-state index in [4.69, 9.17) is 16.3 Å². The molecule has 2 aromatic carbocycles. The number of carbonyl (C=O) groups is 1. The Hall–Kier alpha value is -2.81. The smallest absolute Gasteiger partial charge is 0.234 e. The van der Waals surface area contributed by atoms with Gasteiger partial charge in [0.05, 0.1) is 23.4 Å². The van der Waals surface area contributed by atoms with Crippen molar-refractivity contribution in [3.05, 3.63) is 70.6 Å². The average molecular weight is 471 g/mol. The standard InChI is InChI=1S/C22H19ClN4O2S2/c1-14-5-6-15(23)12-18(14)24-20(28)13-31-22-26-25-21(19-4-3-11-30-19)27(22)16-7-9-17(29-2)10-8-16/h3-12H,13H2,1-2H3,(H,24,28). The zero-order chi connectivity index (χ0) is 21.8. The molecule has 9 heteroatoms. The van der Waals surface area contributed by atoms with Gasteiger partial charge in [0, 0.05) is 10.7 Å². The van der Waals surface area contributed by atoms with Crippen LogP contribution in [0.15, 0.2) is 65.1 Å². The molecule has 2 heterocycles. The van der Waals surface area contributed by atoms with E-state index >= 15 is 0 Å². The number of nitrogens with zero attached hydrogens (tertiary/aromatic N) is 3. The van der Waals surface area contributed by atoms with Crippen LogP contribution in [0.1, 0.15) is 5.56 Å². The van der Waals surface area contributed by atoms with Crippen LogP contribution in [0.5, 0.6) is 5.75 Å². The van der Waals surface area contributed by atoms with E-state index in [0.717, 1.165) is 27.7 Å². The van der Waals surface area contributed by atoms with Gasteiger partial charge in [0.15, 0.2) is 11.0 Å². The second-order valence-corrected chi connectivity index (χ2v) is 8.94. The minimum Gasteiger partial charge on any atom is -0.497 e. The molecule has 1 N–H and O–H groups in total. The topological polar surface area (TPSA) is 69.0 Å². The number of thioether (sulfide) groups is 1. The van der Waals surface area contributed by atoms with Gasteiger partial charge in [-0.1, -0.05) is 35.5 Å². The minimum atomic E-state index is -0.141. The number of thiophene rings is 1. The second-order valence-electron chi connectivity index (χ2n) is 6.61. The van der Waals surface area contributed by atoms with Crippen LogP contribution in [0, 0.1) is 6.92 Å². The molecule has 6 nitrogen and oxygen atoms in total. The van der Waals surface area contributed by atoms with Gasteiger partial charge in [-0.3, -0.25) is 9.36 Å². The van der Waals surface area contributed by atoms with E-state index in [2.05, 4.69) is 15.5 Å². The Labute approximate surface area is 193 Å². The normalized spacial score (nSPS) is 10.8. The summed E-state index contributed by atoms with van der Waals surface area (Å²) in [5.74, 6) is 1.54. The lowest BCUT2D eigenvalue weighted by Gasteiger charge is -2.11. The molecule has 0 radical (unpaired) electrons. The number of ether oxygens (including phenoxy) is 1.